The summed E-state index contributed by atoms with van der Waals surface area (Å²) in [5.74, 6) is 0. The molecule has 0 saturated carbocycles. The van der Waals surface area contributed by atoms with E-state index in [2.05, 4.69) is 9.05 Å². The van der Waals surface area contributed by atoms with Crippen molar-refractivity contribution in [3.05, 3.63) is 33.1 Å². The minimum absolute atomic E-state index is 0.299. The molecule has 22 heteroatoms. The molecule has 0 bridgehead atoms. The first-order valence-corrected chi connectivity index (χ1v) is 12.9. The molecule has 214 valence electrons. The first-order chi connectivity index (χ1) is 16.9. The second-order valence-electron chi connectivity index (χ2n) is 7.24. The molecule has 1 saturated heterocycles. The minimum Gasteiger partial charge on any atom is -0.394 e. The van der Waals surface area contributed by atoms with Crippen molar-refractivity contribution in [2.75, 3.05) is 13.2 Å². The number of aliphatic hydroxyl groups is 6. The standard InChI is InChI=1S/C9H12N2O6.C6H14O12P2/c12-3-4-6(14)7(15)8(17-4)11-2-1-5(13)10-9(11)16;7-1-3(9)5(10)6(18-20(14,15)16)4(2-8)17-19(11,12)13/h1-2,4,6-8,12,14-15H,3H2,(H,10,13,16);2-7,9-10H,1H2,(H2,11,12,13)(H2,14,15,16)/t4-,6-,7-,8-;3-,4+,5-,6-/m11/s1. The zero-order valence-corrected chi connectivity index (χ0v) is 20.1. The Morgan fingerprint density at radius 2 is 1.62 bits per heavy atom. The van der Waals surface area contributed by atoms with Gasteiger partial charge in [0.2, 0.25) is 0 Å². The van der Waals surface area contributed by atoms with Crippen LogP contribution in [0, 0.1) is 0 Å². The van der Waals surface area contributed by atoms with Gasteiger partial charge in [-0.15, -0.1) is 0 Å². The average molecular weight is 584 g/mol. The highest BCUT2D eigenvalue weighted by molar-refractivity contribution is 7.46. The molecule has 8 atom stereocenters. The number of phosphoric ester groups is 2. The molecule has 1 aliphatic heterocycles. The number of aldehydes is 1. The third-order valence-corrected chi connectivity index (χ3v) is 5.57. The maximum Gasteiger partial charge on any atom is 0.470 e. The van der Waals surface area contributed by atoms with Crippen molar-refractivity contribution in [3.63, 3.8) is 0 Å². The van der Waals surface area contributed by atoms with Gasteiger partial charge in [0.05, 0.1) is 13.2 Å². The molecule has 0 amide bonds. The highest BCUT2D eigenvalue weighted by Crippen LogP contribution is 2.43. The van der Waals surface area contributed by atoms with Gasteiger partial charge in [-0.1, -0.05) is 0 Å². The number of aliphatic hydroxyl groups excluding tert-OH is 6. The zero-order valence-electron chi connectivity index (χ0n) is 18.3. The molecular weight excluding hydrogens is 558 g/mol. The Kier molecular flexibility index (Phi) is 12.5. The van der Waals surface area contributed by atoms with E-state index in [1.165, 1.54) is 0 Å². The lowest BCUT2D eigenvalue weighted by molar-refractivity contribution is -0.133. The van der Waals surface area contributed by atoms with E-state index >= 15 is 0 Å². The fraction of sp³-hybridized carbons (Fsp3) is 0.667. The maximum absolute atomic E-state index is 11.4. The van der Waals surface area contributed by atoms with Gasteiger partial charge < -0.3 is 59.7 Å². The lowest BCUT2D eigenvalue weighted by Crippen LogP contribution is -2.48. The Morgan fingerprint density at radius 3 is 2.03 bits per heavy atom. The lowest BCUT2D eigenvalue weighted by Gasteiger charge is -2.29. The van der Waals surface area contributed by atoms with Crippen LogP contribution in [-0.4, -0.2) is 122 Å². The molecule has 0 aliphatic carbocycles. The number of ether oxygens (including phenoxy) is 1. The van der Waals surface area contributed by atoms with Crippen LogP contribution in [-0.2, 0) is 27.7 Å². The smallest absolute Gasteiger partial charge is 0.394 e. The van der Waals surface area contributed by atoms with Crippen molar-refractivity contribution in [2.24, 2.45) is 0 Å². The number of carbonyl (C=O) groups excluding carboxylic acids is 1. The third kappa shape index (κ3) is 10.2. The van der Waals surface area contributed by atoms with Gasteiger partial charge in [0.15, 0.2) is 18.6 Å². The van der Waals surface area contributed by atoms with E-state index in [1.54, 1.807) is 0 Å². The minimum atomic E-state index is -5.30. The molecule has 0 spiro atoms. The van der Waals surface area contributed by atoms with Crippen LogP contribution < -0.4 is 11.2 Å². The van der Waals surface area contributed by atoms with E-state index in [-0.39, 0.29) is 6.29 Å². The number of aromatic amines is 1. The number of hydrogen-bond donors (Lipinski definition) is 11. The Hall–Kier alpha value is -1.71. The fourth-order valence-electron chi connectivity index (χ4n) is 2.86. The van der Waals surface area contributed by atoms with Gasteiger partial charge in [-0.3, -0.25) is 23.4 Å². The monoisotopic (exact) mass is 584 g/mol. The van der Waals surface area contributed by atoms with Gasteiger partial charge in [0.25, 0.3) is 5.56 Å². The molecule has 1 aromatic rings. The second kappa shape index (κ2) is 13.9. The van der Waals surface area contributed by atoms with Crippen LogP contribution in [0.15, 0.2) is 21.9 Å². The first kappa shape index (κ1) is 33.3. The van der Waals surface area contributed by atoms with E-state index in [0.717, 1.165) is 16.8 Å². The summed E-state index contributed by atoms with van der Waals surface area (Å²) < 4.78 is 35.2. The van der Waals surface area contributed by atoms with Gasteiger partial charge in [0.1, 0.15) is 36.6 Å². The largest absolute Gasteiger partial charge is 0.470 e. The summed E-state index contributed by atoms with van der Waals surface area (Å²) in [6, 6.07) is 1.09. The number of phosphoric acid groups is 2. The molecule has 0 unspecified atom stereocenters. The van der Waals surface area contributed by atoms with E-state index < -0.39 is 89.1 Å². The summed E-state index contributed by atoms with van der Waals surface area (Å²) in [6.45, 7) is -1.56. The number of nitrogens with one attached hydrogen (secondary N) is 1. The predicted molar refractivity (Wildman–Crippen MR) is 113 cm³/mol. The number of nitrogens with zero attached hydrogens (tertiary/aromatic N) is 1. The van der Waals surface area contributed by atoms with Crippen LogP contribution in [0.1, 0.15) is 6.23 Å². The fourth-order valence-corrected chi connectivity index (χ4v) is 3.91. The summed E-state index contributed by atoms with van der Waals surface area (Å²) in [7, 11) is -10.6. The Bertz CT molecular complexity index is 1080. The zero-order chi connectivity index (χ0) is 28.7. The van der Waals surface area contributed by atoms with Crippen LogP contribution in [0.3, 0.4) is 0 Å². The molecule has 1 aliphatic rings. The van der Waals surface area contributed by atoms with Crippen LogP contribution in [0.4, 0.5) is 0 Å². The molecule has 2 heterocycles. The highest BCUT2D eigenvalue weighted by Gasteiger charge is 2.44. The van der Waals surface area contributed by atoms with Crippen molar-refractivity contribution in [1.82, 2.24) is 9.55 Å². The van der Waals surface area contributed by atoms with Crippen LogP contribution in [0.25, 0.3) is 0 Å². The quantitative estimate of drug-likeness (QED) is 0.0851. The summed E-state index contributed by atoms with van der Waals surface area (Å²) >= 11 is 0. The number of H-pyrrole nitrogens is 1. The summed E-state index contributed by atoms with van der Waals surface area (Å²) in [6.07, 6.45) is -12.8. The van der Waals surface area contributed by atoms with Gasteiger partial charge in [-0.25, -0.2) is 13.9 Å². The number of rotatable bonds is 11. The van der Waals surface area contributed by atoms with E-state index in [4.69, 9.17) is 39.6 Å². The van der Waals surface area contributed by atoms with E-state index in [9.17, 15) is 38.8 Å². The number of aromatic nitrogens is 2. The average Bonchev–Trinajstić information content (AvgIpc) is 3.07. The third-order valence-electron chi connectivity index (χ3n) is 4.54. The number of hydrogen-bond acceptors (Lipinski definition) is 14. The summed E-state index contributed by atoms with van der Waals surface area (Å²) in [5.41, 5.74) is -1.33. The Morgan fingerprint density at radius 1 is 1.05 bits per heavy atom. The van der Waals surface area contributed by atoms with Crippen LogP contribution in [0.2, 0.25) is 0 Å². The van der Waals surface area contributed by atoms with Gasteiger partial charge >= 0.3 is 21.3 Å². The van der Waals surface area contributed by atoms with Gasteiger partial charge in [0, 0.05) is 12.3 Å². The molecule has 0 radical (unpaired) electrons. The normalized spacial score (nSPS) is 25.5. The summed E-state index contributed by atoms with van der Waals surface area (Å²) in [5, 5.41) is 55.3. The van der Waals surface area contributed by atoms with Crippen molar-refractivity contribution in [3.8, 4) is 0 Å². The number of carbonyl (C=O) groups is 1. The maximum atomic E-state index is 11.4. The van der Waals surface area contributed by atoms with E-state index in [1.807, 2.05) is 4.98 Å². The molecule has 1 fully saturated rings. The van der Waals surface area contributed by atoms with Crippen molar-refractivity contribution >= 4 is 21.9 Å². The SMILES string of the molecule is O=C[C@H](OP(=O)(O)O)[C@@H](OP(=O)(O)O)[C@H](O)[C@H](O)CO.O=c1ccn([C@@H]2O[C@H](CO)[C@@H](O)[C@H]2O)c(=O)[nH]1. The summed E-state index contributed by atoms with van der Waals surface area (Å²) in [4.78, 5) is 69.2. The predicted octanol–water partition coefficient (Wildman–Crippen LogP) is -6.00. The lowest BCUT2D eigenvalue weighted by atomic mass is 10.0. The topological polar surface area (TPSA) is 336 Å². The van der Waals surface area contributed by atoms with Crippen molar-refractivity contribution in [1.29, 1.82) is 0 Å². The van der Waals surface area contributed by atoms with Crippen molar-refractivity contribution in [2.45, 2.75) is 49.0 Å². The molecule has 0 aromatic carbocycles. The first-order valence-electron chi connectivity index (χ1n) is 9.79. The van der Waals surface area contributed by atoms with E-state index in [0.29, 0.717) is 0 Å². The molecule has 1 aromatic heterocycles. The van der Waals surface area contributed by atoms with Crippen LogP contribution >= 0.6 is 15.6 Å². The second-order valence-corrected chi connectivity index (χ2v) is 9.63. The molecule has 11 N–H and O–H groups in total. The molecular formula is C15H26N2O18P2. The van der Waals surface area contributed by atoms with Gasteiger partial charge in [-0.2, -0.15) is 0 Å². The molecule has 20 nitrogen and oxygen atoms in total. The highest BCUT2D eigenvalue weighted by atomic mass is 31.2. The van der Waals surface area contributed by atoms with Crippen LogP contribution in [0.5, 0.6) is 0 Å². The Labute approximate surface area is 205 Å². The molecule has 37 heavy (non-hydrogen) atoms. The molecule has 2 rings (SSSR count). The Balaban J connectivity index is 0.000000373. The van der Waals surface area contributed by atoms with Gasteiger partial charge in [-0.05, 0) is 0 Å². The van der Waals surface area contributed by atoms with Crippen molar-refractivity contribution < 1.29 is 77.9 Å².